The first kappa shape index (κ1) is 21.2. The number of halogens is 1. The molecular weight excluding hydrogens is 411 g/mol. The van der Waals surface area contributed by atoms with Crippen LogP contribution in [0.15, 0.2) is 61.2 Å². The van der Waals surface area contributed by atoms with Crippen molar-refractivity contribution < 1.29 is 9.18 Å². The minimum absolute atomic E-state index is 0.0105. The number of nitrogens with zero attached hydrogens (tertiary/aromatic N) is 4. The van der Waals surface area contributed by atoms with E-state index in [0.29, 0.717) is 22.8 Å². The number of amides is 1. The fourth-order valence-electron chi connectivity index (χ4n) is 3.40. The number of hydrogen-bond donors (Lipinski definition) is 0. The van der Waals surface area contributed by atoms with Crippen LogP contribution in [0.1, 0.15) is 43.1 Å². The molecule has 0 fully saturated rings. The van der Waals surface area contributed by atoms with Crippen molar-refractivity contribution >= 4 is 32.6 Å². The number of carbonyl (C=O) groups excluding carboxylic acids is 1. The molecule has 0 atom stereocenters. The molecule has 1 amide bonds. The first-order valence-electron chi connectivity index (χ1n) is 10.3. The fourth-order valence-corrected chi connectivity index (χ4v) is 4.41. The van der Waals surface area contributed by atoms with Gasteiger partial charge in [-0.05, 0) is 41.7 Å². The lowest BCUT2D eigenvalue weighted by Crippen LogP contribution is -2.32. The molecule has 4 aromatic rings. The maximum absolute atomic E-state index is 14.2. The van der Waals surface area contributed by atoms with Crippen molar-refractivity contribution in [3.63, 3.8) is 0 Å². The molecule has 4 rings (SSSR count). The minimum atomic E-state index is -0.375. The number of thiazole rings is 1. The molecule has 0 radical (unpaired) electrons. The summed E-state index contributed by atoms with van der Waals surface area (Å²) in [4.78, 5) is 23.6. The zero-order valence-corrected chi connectivity index (χ0v) is 18.7. The van der Waals surface area contributed by atoms with E-state index in [4.69, 9.17) is 0 Å². The molecule has 5 nitrogen and oxygen atoms in total. The van der Waals surface area contributed by atoms with Gasteiger partial charge < -0.3 is 4.57 Å². The smallest absolute Gasteiger partial charge is 0.260 e. The van der Waals surface area contributed by atoms with E-state index in [1.165, 1.54) is 17.4 Å². The van der Waals surface area contributed by atoms with Gasteiger partial charge in [0.05, 0.1) is 11.0 Å². The molecule has 2 aromatic carbocycles. The zero-order chi connectivity index (χ0) is 22.0. The van der Waals surface area contributed by atoms with E-state index in [2.05, 4.69) is 30.7 Å². The summed E-state index contributed by atoms with van der Waals surface area (Å²) in [6.07, 6.45) is 6.10. The third-order valence-corrected chi connectivity index (χ3v) is 6.23. The third kappa shape index (κ3) is 4.66. The Kier molecular flexibility index (Phi) is 5.87. The van der Waals surface area contributed by atoms with Gasteiger partial charge in [0.2, 0.25) is 0 Å². The number of anilines is 1. The van der Waals surface area contributed by atoms with Gasteiger partial charge >= 0.3 is 0 Å². The molecular formula is C24H25FN4OS. The van der Waals surface area contributed by atoms with E-state index in [1.54, 1.807) is 23.5 Å². The van der Waals surface area contributed by atoms with Gasteiger partial charge in [0.15, 0.2) is 5.13 Å². The van der Waals surface area contributed by atoms with Crippen molar-refractivity contribution in [2.24, 2.45) is 0 Å². The molecule has 31 heavy (non-hydrogen) atoms. The average molecular weight is 437 g/mol. The quantitative estimate of drug-likeness (QED) is 0.391. The van der Waals surface area contributed by atoms with Gasteiger partial charge in [0, 0.05) is 31.0 Å². The summed E-state index contributed by atoms with van der Waals surface area (Å²) in [5.41, 5.74) is 2.07. The van der Waals surface area contributed by atoms with Crippen LogP contribution in [0.3, 0.4) is 0 Å². The lowest BCUT2D eigenvalue weighted by Gasteiger charge is -2.22. The summed E-state index contributed by atoms with van der Waals surface area (Å²) in [6, 6.07) is 12.6. The van der Waals surface area contributed by atoms with Crippen LogP contribution in [0.5, 0.6) is 0 Å². The number of imidazole rings is 1. The molecule has 0 aliphatic heterocycles. The van der Waals surface area contributed by atoms with Gasteiger partial charge in [-0.25, -0.2) is 14.4 Å². The van der Waals surface area contributed by atoms with Gasteiger partial charge in [-0.1, -0.05) is 50.3 Å². The number of carbonyl (C=O) groups is 1. The number of aryl methyl sites for hydroxylation is 1. The van der Waals surface area contributed by atoms with Crippen molar-refractivity contribution in [3.05, 3.63) is 78.1 Å². The Bertz CT molecular complexity index is 1180. The van der Waals surface area contributed by atoms with Crippen LogP contribution in [-0.4, -0.2) is 27.0 Å². The average Bonchev–Trinajstić information content (AvgIpc) is 3.41. The van der Waals surface area contributed by atoms with E-state index in [9.17, 15) is 9.18 Å². The van der Waals surface area contributed by atoms with E-state index < -0.39 is 0 Å². The highest BCUT2D eigenvalue weighted by molar-refractivity contribution is 7.22. The highest BCUT2D eigenvalue weighted by Gasteiger charge is 2.23. The van der Waals surface area contributed by atoms with Crippen molar-refractivity contribution in [2.75, 3.05) is 11.4 Å². The van der Waals surface area contributed by atoms with Crippen LogP contribution in [0.25, 0.3) is 10.2 Å². The molecule has 160 valence electrons. The van der Waals surface area contributed by atoms with E-state index >= 15 is 0 Å². The Labute approximate surface area is 185 Å². The van der Waals surface area contributed by atoms with Crippen molar-refractivity contribution in [3.8, 4) is 0 Å². The lowest BCUT2D eigenvalue weighted by atomic mass is 9.86. The second-order valence-electron chi connectivity index (χ2n) is 8.52. The summed E-state index contributed by atoms with van der Waals surface area (Å²) in [6.45, 7) is 7.62. The van der Waals surface area contributed by atoms with E-state index in [-0.39, 0.29) is 17.1 Å². The van der Waals surface area contributed by atoms with Crippen LogP contribution in [0.4, 0.5) is 9.52 Å². The second-order valence-corrected chi connectivity index (χ2v) is 9.53. The zero-order valence-electron chi connectivity index (χ0n) is 17.9. The van der Waals surface area contributed by atoms with Crippen LogP contribution >= 0.6 is 11.3 Å². The summed E-state index contributed by atoms with van der Waals surface area (Å²) in [7, 11) is 0. The predicted molar refractivity (Wildman–Crippen MR) is 123 cm³/mol. The van der Waals surface area contributed by atoms with Crippen molar-refractivity contribution in [1.29, 1.82) is 0 Å². The largest absolute Gasteiger partial charge is 0.337 e. The van der Waals surface area contributed by atoms with Crippen LogP contribution in [0.2, 0.25) is 0 Å². The molecule has 0 aliphatic carbocycles. The van der Waals surface area contributed by atoms with Gasteiger partial charge in [-0.3, -0.25) is 9.69 Å². The maximum Gasteiger partial charge on any atom is 0.260 e. The molecule has 0 N–H and O–H groups in total. The monoisotopic (exact) mass is 436 g/mol. The van der Waals surface area contributed by atoms with Crippen molar-refractivity contribution in [1.82, 2.24) is 14.5 Å². The number of benzene rings is 2. The second kappa shape index (κ2) is 8.59. The molecule has 7 heteroatoms. The van der Waals surface area contributed by atoms with Gasteiger partial charge in [-0.2, -0.15) is 0 Å². The number of rotatable bonds is 6. The summed E-state index contributed by atoms with van der Waals surface area (Å²) in [5.74, 6) is -0.508. The topological polar surface area (TPSA) is 51.0 Å². The third-order valence-electron chi connectivity index (χ3n) is 5.19. The minimum Gasteiger partial charge on any atom is -0.337 e. The first-order valence-corrected chi connectivity index (χ1v) is 11.1. The Balaban J connectivity index is 1.63. The maximum atomic E-state index is 14.2. The molecule has 0 spiro atoms. The van der Waals surface area contributed by atoms with Gasteiger partial charge in [-0.15, -0.1) is 0 Å². The normalized spacial score (nSPS) is 11.7. The Hall–Kier alpha value is -3.06. The number of para-hydroxylation sites is 1. The molecule has 0 aliphatic rings. The molecule has 2 heterocycles. The van der Waals surface area contributed by atoms with Crippen LogP contribution < -0.4 is 4.90 Å². The van der Waals surface area contributed by atoms with E-state index in [1.807, 2.05) is 41.1 Å². The summed E-state index contributed by atoms with van der Waals surface area (Å²) >= 11 is 1.33. The SMILES string of the molecule is CC(C)(C)c1ccc(C(=O)N(CCCn2ccnc2)c2nc3c(F)cccc3s2)cc1. The van der Waals surface area contributed by atoms with Crippen LogP contribution in [-0.2, 0) is 12.0 Å². The summed E-state index contributed by atoms with van der Waals surface area (Å²) < 4.78 is 16.9. The Morgan fingerprint density at radius 2 is 1.94 bits per heavy atom. The molecule has 0 bridgehead atoms. The highest BCUT2D eigenvalue weighted by Crippen LogP contribution is 2.31. The Morgan fingerprint density at radius 1 is 1.16 bits per heavy atom. The number of aromatic nitrogens is 3. The van der Waals surface area contributed by atoms with Gasteiger partial charge in [0.25, 0.3) is 5.91 Å². The van der Waals surface area contributed by atoms with Gasteiger partial charge in [0.1, 0.15) is 11.3 Å². The number of hydrogen-bond acceptors (Lipinski definition) is 4. The number of fused-ring (bicyclic) bond motifs is 1. The standard InChI is InChI=1S/C24H25FN4OS/c1-24(2,3)18-10-8-17(9-11-18)22(30)29(14-5-13-28-15-12-26-16-28)23-27-21-19(25)6-4-7-20(21)31-23/h4,6-12,15-16H,5,13-14H2,1-3H3. The first-order chi connectivity index (χ1) is 14.8. The molecule has 0 saturated heterocycles. The van der Waals surface area contributed by atoms with Crippen molar-refractivity contribution in [2.45, 2.75) is 39.2 Å². The predicted octanol–water partition coefficient (Wildman–Crippen LogP) is 5.67. The van der Waals surface area contributed by atoms with E-state index in [0.717, 1.165) is 23.2 Å². The fraction of sp³-hybridized carbons (Fsp3) is 0.292. The molecule has 2 aromatic heterocycles. The Morgan fingerprint density at radius 3 is 2.58 bits per heavy atom. The molecule has 0 saturated carbocycles. The highest BCUT2D eigenvalue weighted by atomic mass is 32.1. The lowest BCUT2D eigenvalue weighted by molar-refractivity contribution is 0.0986. The summed E-state index contributed by atoms with van der Waals surface area (Å²) in [5, 5.41) is 0.510. The van der Waals surface area contributed by atoms with Crippen LogP contribution in [0, 0.1) is 5.82 Å². The molecule has 0 unspecified atom stereocenters.